The molecule has 6 heteroatoms. The van der Waals surface area contributed by atoms with E-state index < -0.39 is 0 Å². The Kier molecular flexibility index (Phi) is 5.64. The summed E-state index contributed by atoms with van der Waals surface area (Å²) in [5.74, 6) is 0.383. The van der Waals surface area contributed by atoms with Gasteiger partial charge >= 0.3 is 0 Å². The first-order chi connectivity index (χ1) is 16.5. The zero-order valence-corrected chi connectivity index (χ0v) is 19.2. The monoisotopic (exact) mass is 447 g/mol. The number of fused-ring (bicyclic) bond motifs is 2. The van der Waals surface area contributed by atoms with E-state index >= 15 is 0 Å². The molecular weight excluding hydrogens is 422 g/mol. The molecule has 0 aliphatic carbocycles. The molecule has 1 amide bonds. The second-order valence-corrected chi connectivity index (χ2v) is 8.58. The number of benzene rings is 2. The van der Waals surface area contributed by atoms with E-state index in [0.717, 1.165) is 49.6 Å². The van der Waals surface area contributed by atoms with Crippen LogP contribution < -0.4 is 11.1 Å². The molecule has 5 rings (SSSR count). The zero-order chi connectivity index (χ0) is 23.7. The molecule has 0 unspecified atom stereocenters. The first kappa shape index (κ1) is 21.5. The molecule has 0 radical (unpaired) electrons. The van der Waals surface area contributed by atoms with Crippen molar-refractivity contribution >= 4 is 33.4 Å². The van der Waals surface area contributed by atoms with Gasteiger partial charge < -0.3 is 11.1 Å². The molecule has 0 aliphatic heterocycles. The second kappa shape index (κ2) is 8.90. The lowest BCUT2D eigenvalue weighted by molar-refractivity contribution is 0.0950. The summed E-state index contributed by atoms with van der Waals surface area (Å²) in [7, 11) is 0. The number of carbonyl (C=O) groups excluding carboxylic acids is 1. The third kappa shape index (κ3) is 4.30. The van der Waals surface area contributed by atoms with E-state index in [2.05, 4.69) is 38.5 Å². The molecule has 0 atom stereocenters. The summed E-state index contributed by atoms with van der Waals surface area (Å²) < 4.78 is 0. The lowest BCUT2D eigenvalue weighted by Crippen LogP contribution is -2.23. The number of amides is 1. The highest BCUT2D eigenvalue weighted by Gasteiger charge is 2.11. The molecule has 0 fully saturated rings. The van der Waals surface area contributed by atoms with Crippen LogP contribution in [0.2, 0.25) is 0 Å². The Bertz CT molecular complexity index is 1540. The minimum Gasteiger partial charge on any atom is -0.383 e. The van der Waals surface area contributed by atoms with Gasteiger partial charge in [0.1, 0.15) is 5.82 Å². The number of nitrogens with zero attached hydrogens (tertiary/aromatic N) is 3. The van der Waals surface area contributed by atoms with Crippen molar-refractivity contribution in [3.05, 3.63) is 107 Å². The predicted molar refractivity (Wildman–Crippen MR) is 136 cm³/mol. The molecular formula is C28H25N5O. The van der Waals surface area contributed by atoms with Crippen LogP contribution in [0.25, 0.3) is 21.7 Å². The average molecular weight is 448 g/mol. The highest BCUT2D eigenvalue weighted by atomic mass is 16.1. The van der Waals surface area contributed by atoms with E-state index in [4.69, 9.17) is 5.73 Å². The molecule has 6 nitrogen and oxygen atoms in total. The van der Waals surface area contributed by atoms with E-state index in [1.165, 1.54) is 0 Å². The van der Waals surface area contributed by atoms with Crippen LogP contribution in [0.1, 0.15) is 38.3 Å². The van der Waals surface area contributed by atoms with Crippen molar-refractivity contribution in [2.24, 2.45) is 0 Å². The standard InChI is InChI=1S/C28H25N5O/c1-17-11-22-12-19(3-6-26(22)32-15-17)13-23-14-20(7-9-30-23)28(34)33-16-21-4-5-25-24(18(21)2)8-10-31-27(25)29/h3-12,14-15H,13,16H2,1-2H3,(H2,29,31)(H,33,34). The van der Waals surface area contributed by atoms with Crippen molar-refractivity contribution in [1.29, 1.82) is 0 Å². The number of nitrogens with one attached hydrogen (secondary N) is 1. The largest absolute Gasteiger partial charge is 0.383 e. The summed E-state index contributed by atoms with van der Waals surface area (Å²) in [5.41, 5.74) is 12.8. The Morgan fingerprint density at radius 2 is 1.76 bits per heavy atom. The average Bonchev–Trinajstić information content (AvgIpc) is 2.84. The van der Waals surface area contributed by atoms with Crippen molar-refractivity contribution in [1.82, 2.24) is 20.3 Å². The summed E-state index contributed by atoms with van der Waals surface area (Å²) in [5, 5.41) is 6.11. The van der Waals surface area contributed by atoms with Crippen LogP contribution in [-0.4, -0.2) is 20.9 Å². The maximum absolute atomic E-state index is 12.9. The molecule has 3 aromatic heterocycles. The van der Waals surface area contributed by atoms with Gasteiger partial charge in [0.05, 0.1) is 5.52 Å². The fraction of sp³-hybridized carbons (Fsp3) is 0.143. The van der Waals surface area contributed by atoms with Gasteiger partial charge in [0, 0.05) is 53.6 Å². The zero-order valence-electron chi connectivity index (χ0n) is 19.2. The van der Waals surface area contributed by atoms with Gasteiger partial charge in [-0.15, -0.1) is 0 Å². The van der Waals surface area contributed by atoms with Crippen molar-refractivity contribution in [3.8, 4) is 0 Å². The Balaban J connectivity index is 1.31. The van der Waals surface area contributed by atoms with Crippen LogP contribution in [-0.2, 0) is 13.0 Å². The fourth-order valence-corrected chi connectivity index (χ4v) is 4.27. The van der Waals surface area contributed by atoms with E-state index in [-0.39, 0.29) is 5.91 Å². The van der Waals surface area contributed by atoms with Crippen LogP contribution in [0.4, 0.5) is 5.82 Å². The van der Waals surface area contributed by atoms with Crippen LogP contribution in [0.5, 0.6) is 0 Å². The molecule has 0 spiro atoms. The number of nitrogen functional groups attached to an aromatic ring is 1. The Labute approximate surface area is 197 Å². The molecule has 34 heavy (non-hydrogen) atoms. The van der Waals surface area contributed by atoms with E-state index in [1.807, 2.05) is 50.4 Å². The Hall–Kier alpha value is -4.32. The first-order valence-corrected chi connectivity index (χ1v) is 11.2. The van der Waals surface area contributed by atoms with Gasteiger partial charge in [0.15, 0.2) is 0 Å². The van der Waals surface area contributed by atoms with Crippen molar-refractivity contribution in [2.75, 3.05) is 5.73 Å². The molecule has 3 N–H and O–H groups in total. The summed E-state index contributed by atoms with van der Waals surface area (Å²) >= 11 is 0. The SMILES string of the molecule is Cc1cnc2ccc(Cc3cc(C(=O)NCc4ccc5c(N)nccc5c4C)ccn3)cc2c1. The number of nitrogens with two attached hydrogens (primary N) is 1. The number of hydrogen-bond donors (Lipinski definition) is 2. The number of carbonyl (C=O) groups is 1. The van der Waals surface area contributed by atoms with Crippen LogP contribution >= 0.6 is 0 Å². The summed E-state index contributed by atoms with van der Waals surface area (Å²) in [6.45, 7) is 4.50. The van der Waals surface area contributed by atoms with Gasteiger partial charge in [-0.05, 0) is 77.9 Å². The van der Waals surface area contributed by atoms with Crippen molar-refractivity contribution in [2.45, 2.75) is 26.8 Å². The second-order valence-electron chi connectivity index (χ2n) is 8.58. The molecule has 2 aromatic carbocycles. The van der Waals surface area contributed by atoms with E-state index in [9.17, 15) is 4.79 Å². The third-order valence-corrected chi connectivity index (χ3v) is 6.14. The van der Waals surface area contributed by atoms with Crippen LogP contribution in [0.15, 0.2) is 73.2 Å². The molecule has 168 valence electrons. The van der Waals surface area contributed by atoms with E-state index in [0.29, 0.717) is 24.3 Å². The molecule has 3 heterocycles. The highest BCUT2D eigenvalue weighted by Crippen LogP contribution is 2.25. The first-order valence-electron chi connectivity index (χ1n) is 11.2. The normalized spacial score (nSPS) is 11.1. The fourth-order valence-electron chi connectivity index (χ4n) is 4.27. The molecule has 5 aromatic rings. The van der Waals surface area contributed by atoms with Gasteiger partial charge in [-0.1, -0.05) is 18.2 Å². The van der Waals surface area contributed by atoms with Crippen LogP contribution in [0, 0.1) is 13.8 Å². The van der Waals surface area contributed by atoms with Crippen LogP contribution in [0.3, 0.4) is 0 Å². The van der Waals surface area contributed by atoms with E-state index in [1.54, 1.807) is 18.5 Å². The predicted octanol–water partition coefficient (Wildman–Crippen LogP) is 4.90. The van der Waals surface area contributed by atoms with Gasteiger partial charge in [-0.3, -0.25) is 14.8 Å². The smallest absolute Gasteiger partial charge is 0.251 e. The number of hydrogen-bond acceptors (Lipinski definition) is 5. The Morgan fingerprint density at radius 1 is 0.912 bits per heavy atom. The van der Waals surface area contributed by atoms with Gasteiger partial charge in [0.25, 0.3) is 5.91 Å². The number of aryl methyl sites for hydroxylation is 2. The van der Waals surface area contributed by atoms with Gasteiger partial charge in [0.2, 0.25) is 0 Å². The molecule has 0 aliphatic rings. The maximum atomic E-state index is 12.9. The third-order valence-electron chi connectivity index (χ3n) is 6.14. The van der Waals surface area contributed by atoms with Crippen molar-refractivity contribution < 1.29 is 4.79 Å². The topological polar surface area (TPSA) is 93.8 Å². The maximum Gasteiger partial charge on any atom is 0.251 e. The van der Waals surface area contributed by atoms with Gasteiger partial charge in [-0.25, -0.2) is 4.98 Å². The summed E-state index contributed by atoms with van der Waals surface area (Å²) in [6.07, 6.45) is 5.91. The Morgan fingerprint density at radius 3 is 2.65 bits per heavy atom. The molecule has 0 saturated carbocycles. The lowest BCUT2D eigenvalue weighted by Gasteiger charge is -2.12. The highest BCUT2D eigenvalue weighted by molar-refractivity contribution is 5.95. The van der Waals surface area contributed by atoms with Crippen molar-refractivity contribution in [3.63, 3.8) is 0 Å². The summed E-state index contributed by atoms with van der Waals surface area (Å²) in [6, 6.07) is 17.8. The quantitative estimate of drug-likeness (QED) is 0.400. The minimum absolute atomic E-state index is 0.129. The number of anilines is 1. The minimum atomic E-state index is -0.129. The number of pyridine rings is 3. The number of aromatic nitrogens is 3. The molecule has 0 bridgehead atoms. The summed E-state index contributed by atoms with van der Waals surface area (Å²) in [4.78, 5) is 26.0. The lowest BCUT2D eigenvalue weighted by atomic mass is 10.0. The number of rotatable bonds is 5. The molecule has 0 saturated heterocycles. The van der Waals surface area contributed by atoms with Gasteiger partial charge in [-0.2, -0.15) is 0 Å².